The summed E-state index contributed by atoms with van der Waals surface area (Å²) in [5, 5.41) is 21.2. The zero-order valence-corrected chi connectivity index (χ0v) is 34.0. The van der Waals surface area contributed by atoms with Crippen LogP contribution in [-0.4, -0.2) is 26.3 Å². The van der Waals surface area contributed by atoms with E-state index >= 15 is 9.59 Å². The highest BCUT2D eigenvalue weighted by molar-refractivity contribution is 6.37. The van der Waals surface area contributed by atoms with Gasteiger partial charge in [-0.05, 0) is 82.9 Å². The molecule has 0 spiro atoms. The Balaban J connectivity index is 1.17. The van der Waals surface area contributed by atoms with Gasteiger partial charge in [0.05, 0.1) is 44.9 Å². The first-order valence-corrected chi connectivity index (χ1v) is 20.7. The normalized spacial score (nSPS) is 12.1. The lowest BCUT2D eigenvalue weighted by atomic mass is 9.90. The Hall–Kier alpha value is -9.24. The number of hydrogen-bond acceptors (Lipinski definition) is 6. The SMILES string of the molecule is N#Cc1cccc(-c2ccc3c4ccc(-c5cccc(C#N)n5)cc4n(-c4cccc5c4C(=O)N(c4c(-c6ccccc6)cc(-c6ccccc6)cc4-c4ccccc4)C5=O)c3c2)n1. The molecule has 0 radical (unpaired) electrons. The summed E-state index contributed by atoms with van der Waals surface area (Å²) in [4.78, 5) is 41.4. The van der Waals surface area contributed by atoms with Crippen molar-refractivity contribution in [3.8, 4) is 73.7 Å². The van der Waals surface area contributed by atoms with Crippen molar-refractivity contribution >= 4 is 39.3 Å². The van der Waals surface area contributed by atoms with E-state index < -0.39 is 11.8 Å². The van der Waals surface area contributed by atoms with Gasteiger partial charge in [-0.2, -0.15) is 10.5 Å². The quantitative estimate of drug-likeness (QED) is 0.148. The van der Waals surface area contributed by atoms with E-state index in [0.29, 0.717) is 34.2 Å². The summed E-state index contributed by atoms with van der Waals surface area (Å²) in [6.45, 7) is 0. The number of nitriles is 2. The number of fused-ring (bicyclic) bond motifs is 4. The predicted molar refractivity (Wildman–Crippen MR) is 251 cm³/mol. The second kappa shape index (κ2) is 15.3. The van der Waals surface area contributed by atoms with Crippen LogP contribution in [0.5, 0.6) is 0 Å². The topological polar surface area (TPSA) is 116 Å². The molecule has 298 valence electrons. The van der Waals surface area contributed by atoms with Gasteiger partial charge in [0.25, 0.3) is 11.8 Å². The highest BCUT2D eigenvalue weighted by atomic mass is 16.2. The van der Waals surface area contributed by atoms with Crippen LogP contribution in [0.2, 0.25) is 0 Å². The maximum Gasteiger partial charge on any atom is 0.268 e. The molecule has 0 aliphatic carbocycles. The molecule has 1 aliphatic rings. The fraction of sp³-hybridized carbons (Fsp3) is 0. The molecule has 3 aromatic heterocycles. The monoisotopic (exact) mass is 820 g/mol. The third-order valence-corrected chi connectivity index (χ3v) is 11.8. The number of carbonyl (C=O) groups excluding carboxylic acids is 2. The van der Waals surface area contributed by atoms with Gasteiger partial charge in [0.2, 0.25) is 0 Å². The third kappa shape index (κ3) is 6.22. The Labute approximate surface area is 367 Å². The number of rotatable bonds is 7. The Kier molecular flexibility index (Phi) is 9.05. The number of imide groups is 1. The lowest BCUT2D eigenvalue weighted by Gasteiger charge is -2.24. The van der Waals surface area contributed by atoms with Crippen LogP contribution in [0, 0.1) is 22.7 Å². The van der Waals surface area contributed by atoms with E-state index in [0.717, 1.165) is 66.3 Å². The molecule has 2 amide bonds. The maximum atomic E-state index is 15.6. The van der Waals surface area contributed by atoms with Crippen molar-refractivity contribution in [3.05, 3.63) is 217 Å². The lowest BCUT2D eigenvalue weighted by Crippen LogP contribution is -2.30. The first-order chi connectivity index (χ1) is 31.5. The van der Waals surface area contributed by atoms with Crippen molar-refractivity contribution in [1.29, 1.82) is 10.5 Å². The molecule has 0 bridgehead atoms. The molecule has 10 aromatic rings. The molecule has 4 heterocycles. The van der Waals surface area contributed by atoms with Gasteiger partial charge in [0, 0.05) is 33.0 Å². The van der Waals surface area contributed by atoms with Crippen LogP contribution >= 0.6 is 0 Å². The van der Waals surface area contributed by atoms with Crippen LogP contribution in [0.3, 0.4) is 0 Å². The highest BCUT2D eigenvalue weighted by Gasteiger charge is 2.42. The zero-order valence-electron chi connectivity index (χ0n) is 34.0. The summed E-state index contributed by atoms with van der Waals surface area (Å²) in [6.07, 6.45) is 0. The Bertz CT molecular complexity index is 3450. The Morgan fingerprint density at radius 3 is 1.39 bits per heavy atom. The molecule has 8 heteroatoms. The number of anilines is 1. The fourth-order valence-electron chi connectivity index (χ4n) is 8.92. The highest BCUT2D eigenvalue weighted by Crippen LogP contribution is 2.47. The van der Waals surface area contributed by atoms with Crippen LogP contribution < -0.4 is 4.90 Å². The smallest absolute Gasteiger partial charge is 0.268 e. The van der Waals surface area contributed by atoms with E-state index in [4.69, 9.17) is 0 Å². The Morgan fingerprint density at radius 2 is 0.891 bits per heavy atom. The molecule has 0 N–H and O–H groups in total. The number of hydrogen-bond donors (Lipinski definition) is 0. The minimum atomic E-state index is -0.452. The average molecular weight is 821 g/mol. The summed E-state index contributed by atoms with van der Waals surface area (Å²) < 4.78 is 2.03. The molecule has 0 unspecified atom stereocenters. The van der Waals surface area contributed by atoms with Crippen LogP contribution in [0.1, 0.15) is 32.1 Å². The molecule has 0 saturated carbocycles. The molecule has 64 heavy (non-hydrogen) atoms. The van der Waals surface area contributed by atoms with Crippen molar-refractivity contribution in [2.24, 2.45) is 0 Å². The molecule has 0 fully saturated rings. The second-order valence-electron chi connectivity index (χ2n) is 15.5. The fourth-order valence-corrected chi connectivity index (χ4v) is 8.92. The third-order valence-electron chi connectivity index (χ3n) is 11.8. The van der Waals surface area contributed by atoms with Crippen LogP contribution in [0.15, 0.2) is 194 Å². The predicted octanol–water partition coefficient (Wildman–Crippen LogP) is 12.5. The van der Waals surface area contributed by atoms with Crippen molar-refractivity contribution in [3.63, 3.8) is 0 Å². The molecule has 0 atom stereocenters. The van der Waals surface area contributed by atoms with Gasteiger partial charge in [0.1, 0.15) is 23.5 Å². The molecular weight excluding hydrogens is 789 g/mol. The van der Waals surface area contributed by atoms with Gasteiger partial charge in [0.15, 0.2) is 0 Å². The van der Waals surface area contributed by atoms with Crippen molar-refractivity contribution in [2.75, 3.05) is 4.90 Å². The molecular formula is C56H32N6O2. The van der Waals surface area contributed by atoms with Gasteiger partial charge in [-0.15, -0.1) is 0 Å². The van der Waals surface area contributed by atoms with Crippen molar-refractivity contribution < 1.29 is 9.59 Å². The van der Waals surface area contributed by atoms with Crippen LogP contribution in [0.25, 0.3) is 83.4 Å². The van der Waals surface area contributed by atoms with Crippen molar-refractivity contribution in [1.82, 2.24) is 14.5 Å². The minimum Gasteiger partial charge on any atom is -0.308 e. The van der Waals surface area contributed by atoms with Gasteiger partial charge in [-0.1, -0.05) is 133 Å². The number of aromatic nitrogens is 3. The number of carbonyl (C=O) groups is 2. The summed E-state index contributed by atoms with van der Waals surface area (Å²) in [5.41, 5.74) is 11.6. The minimum absolute atomic E-state index is 0.265. The maximum absolute atomic E-state index is 15.6. The number of benzene rings is 7. The first-order valence-electron chi connectivity index (χ1n) is 20.7. The van der Waals surface area contributed by atoms with Crippen molar-refractivity contribution in [2.45, 2.75) is 0 Å². The van der Waals surface area contributed by atoms with Gasteiger partial charge >= 0.3 is 0 Å². The van der Waals surface area contributed by atoms with E-state index in [9.17, 15) is 10.5 Å². The Morgan fingerprint density at radius 1 is 0.406 bits per heavy atom. The number of nitrogens with zero attached hydrogens (tertiary/aromatic N) is 6. The summed E-state index contributed by atoms with van der Waals surface area (Å²) in [6, 6.07) is 66.3. The van der Waals surface area contributed by atoms with E-state index in [-0.39, 0.29) is 11.1 Å². The largest absolute Gasteiger partial charge is 0.308 e. The standard InChI is InChI=1S/C56H32N6O2/c57-33-41-19-10-22-48(59-41)38-25-27-43-44-28-26-39(49-23-11-20-42(34-58)60-49)32-52(44)61(51(43)31-38)50-24-12-21-45-53(50)56(64)62(55(45)63)54-46(36-15-6-2-7-16-36)29-40(35-13-4-1-5-14-35)30-47(54)37-17-8-3-9-18-37/h1-32H. The molecule has 0 saturated heterocycles. The molecule has 1 aliphatic heterocycles. The lowest BCUT2D eigenvalue weighted by molar-refractivity contribution is 0.0926. The molecule has 8 nitrogen and oxygen atoms in total. The second-order valence-corrected chi connectivity index (χ2v) is 15.5. The number of pyridine rings is 2. The van der Waals surface area contributed by atoms with E-state index in [2.05, 4.69) is 46.4 Å². The van der Waals surface area contributed by atoms with E-state index in [1.54, 1.807) is 30.3 Å². The van der Waals surface area contributed by atoms with Gasteiger partial charge < -0.3 is 4.57 Å². The summed E-state index contributed by atoms with van der Waals surface area (Å²) in [5.74, 6) is -0.882. The van der Waals surface area contributed by atoms with Gasteiger partial charge in [-0.25, -0.2) is 14.9 Å². The first kappa shape index (κ1) is 37.7. The molecule has 7 aromatic carbocycles. The van der Waals surface area contributed by atoms with E-state index in [1.165, 1.54) is 4.90 Å². The van der Waals surface area contributed by atoms with Crippen LogP contribution in [-0.2, 0) is 0 Å². The van der Waals surface area contributed by atoms with Crippen LogP contribution in [0.4, 0.5) is 5.69 Å². The molecule has 11 rings (SSSR count). The van der Waals surface area contributed by atoms with Gasteiger partial charge in [-0.3, -0.25) is 9.59 Å². The summed E-state index contributed by atoms with van der Waals surface area (Å²) in [7, 11) is 0. The van der Waals surface area contributed by atoms with E-state index in [1.807, 2.05) is 144 Å². The average Bonchev–Trinajstić information content (AvgIpc) is 3.83. The number of amides is 2. The zero-order chi connectivity index (χ0) is 43.3. The summed E-state index contributed by atoms with van der Waals surface area (Å²) >= 11 is 0.